The zero-order valence-electron chi connectivity index (χ0n) is 9.98. The maximum Gasteiger partial charge on any atom is 0.336 e. The predicted octanol–water partition coefficient (Wildman–Crippen LogP) is 4.02. The van der Waals surface area contributed by atoms with Crippen LogP contribution in [0.5, 0.6) is 0 Å². The van der Waals surface area contributed by atoms with Gasteiger partial charge in [0, 0.05) is 10.0 Å². The standard InChI is InChI=1S/C14H9BrClFO3/c15-10-6-12(17)9(5-11(10)16)13(18)7-3-1-2-4-8(7)14(19)20/h1-6,13,18H,(H,19,20). The van der Waals surface area contributed by atoms with Gasteiger partial charge in [-0.1, -0.05) is 29.8 Å². The van der Waals surface area contributed by atoms with E-state index in [2.05, 4.69) is 15.9 Å². The van der Waals surface area contributed by atoms with E-state index in [1.807, 2.05) is 0 Å². The first kappa shape index (κ1) is 15.0. The Bertz CT molecular complexity index is 675. The average Bonchev–Trinajstić information content (AvgIpc) is 2.42. The Labute approximate surface area is 127 Å². The molecule has 0 saturated carbocycles. The Morgan fingerprint density at radius 3 is 2.55 bits per heavy atom. The van der Waals surface area contributed by atoms with E-state index in [1.165, 1.54) is 24.3 Å². The van der Waals surface area contributed by atoms with Crippen LogP contribution >= 0.6 is 27.5 Å². The number of hydrogen-bond donors (Lipinski definition) is 2. The van der Waals surface area contributed by atoms with Gasteiger partial charge in [-0.05, 0) is 39.7 Å². The van der Waals surface area contributed by atoms with Gasteiger partial charge < -0.3 is 10.2 Å². The van der Waals surface area contributed by atoms with Crippen LogP contribution in [-0.4, -0.2) is 16.2 Å². The molecule has 1 unspecified atom stereocenters. The van der Waals surface area contributed by atoms with Gasteiger partial charge in [0.25, 0.3) is 0 Å². The predicted molar refractivity (Wildman–Crippen MR) is 76.6 cm³/mol. The van der Waals surface area contributed by atoms with E-state index in [-0.39, 0.29) is 21.7 Å². The first-order valence-corrected chi connectivity index (χ1v) is 6.73. The van der Waals surface area contributed by atoms with Gasteiger partial charge in [-0.3, -0.25) is 0 Å². The van der Waals surface area contributed by atoms with E-state index in [4.69, 9.17) is 16.7 Å². The second-order valence-electron chi connectivity index (χ2n) is 4.08. The fraction of sp³-hybridized carbons (Fsp3) is 0.0714. The molecule has 0 amide bonds. The van der Waals surface area contributed by atoms with Crippen molar-refractivity contribution in [2.45, 2.75) is 6.10 Å². The van der Waals surface area contributed by atoms with Crippen molar-refractivity contribution >= 4 is 33.5 Å². The summed E-state index contributed by atoms with van der Waals surface area (Å²) < 4.78 is 14.3. The maximum atomic E-state index is 13.9. The van der Waals surface area contributed by atoms with E-state index >= 15 is 0 Å². The summed E-state index contributed by atoms with van der Waals surface area (Å²) >= 11 is 8.95. The molecule has 2 N–H and O–H groups in total. The Morgan fingerprint density at radius 1 is 1.25 bits per heavy atom. The van der Waals surface area contributed by atoms with Crippen molar-refractivity contribution in [2.24, 2.45) is 0 Å². The number of carbonyl (C=O) groups is 1. The smallest absolute Gasteiger partial charge is 0.336 e. The van der Waals surface area contributed by atoms with Crippen LogP contribution in [0, 0.1) is 5.82 Å². The van der Waals surface area contributed by atoms with Crippen molar-refractivity contribution in [2.75, 3.05) is 0 Å². The number of aliphatic hydroxyl groups excluding tert-OH is 1. The van der Waals surface area contributed by atoms with Crippen molar-refractivity contribution in [1.82, 2.24) is 0 Å². The number of carboxylic acid groups (broad SMARTS) is 1. The molecule has 6 heteroatoms. The summed E-state index contributed by atoms with van der Waals surface area (Å²) in [6.45, 7) is 0. The highest BCUT2D eigenvalue weighted by molar-refractivity contribution is 9.10. The first-order valence-electron chi connectivity index (χ1n) is 5.56. The van der Waals surface area contributed by atoms with Crippen molar-refractivity contribution in [3.63, 3.8) is 0 Å². The molecule has 0 aromatic heterocycles. The van der Waals surface area contributed by atoms with E-state index in [1.54, 1.807) is 6.07 Å². The van der Waals surface area contributed by atoms with Gasteiger partial charge in [0.2, 0.25) is 0 Å². The highest BCUT2D eigenvalue weighted by Crippen LogP contribution is 2.32. The highest BCUT2D eigenvalue weighted by Gasteiger charge is 2.21. The molecule has 3 nitrogen and oxygen atoms in total. The molecule has 0 spiro atoms. The van der Waals surface area contributed by atoms with Crippen LogP contribution in [0.1, 0.15) is 27.6 Å². The average molecular weight is 360 g/mol. The molecule has 2 rings (SSSR count). The molecular formula is C14H9BrClFO3. The Balaban J connectivity index is 2.55. The van der Waals surface area contributed by atoms with Crippen LogP contribution < -0.4 is 0 Å². The zero-order chi connectivity index (χ0) is 14.9. The van der Waals surface area contributed by atoms with Gasteiger partial charge in [-0.15, -0.1) is 0 Å². The summed E-state index contributed by atoms with van der Waals surface area (Å²) in [6.07, 6.45) is -1.41. The topological polar surface area (TPSA) is 57.5 Å². The summed E-state index contributed by atoms with van der Waals surface area (Å²) in [7, 11) is 0. The minimum Gasteiger partial charge on any atom is -0.478 e. The van der Waals surface area contributed by atoms with E-state index in [0.717, 1.165) is 6.07 Å². The summed E-state index contributed by atoms with van der Waals surface area (Å²) in [5.74, 6) is -1.86. The van der Waals surface area contributed by atoms with Crippen molar-refractivity contribution < 1.29 is 19.4 Å². The molecule has 0 bridgehead atoms. The molecule has 0 aliphatic carbocycles. The van der Waals surface area contributed by atoms with Gasteiger partial charge in [-0.2, -0.15) is 0 Å². The van der Waals surface area contributed by atoms with Crippen molar-refractivity contribution in [1.29, 1.82) is 0 Å². The Kier molecular flexibility index (Phi) is 4.42. The minimum atomic E-state index is -1.41. The number of benzene rings is 2. The molecule has 2 aromatic rings. The molecule has 0 radical (unpaired) electrons. The van der Waals surface area contributed by atoms with Crippen LogP contribution in [0.15, 0.2) is 40.9 Å². The molecule has 20 heavy (non-hydrogen) atoms. The fourth-order valence-electron chi connectivity index (χ4n) is 1.85. The fourth-order valence-corrected chi connectivity index (χ4v) is 2.33. The molecule has 0 heterocycles. The van der Waals surface area contributed by atoms with Crippen LogP contribution in [0.2, 0.25) is 5.02 Å². The molecular weight excluding hydrogens is 351 g/mol. The van der Waals surface area contributed by atoms with Crippen molar-refractivity contribution in [3.8, 4) is 0 Å². The van der Waals surface area contributed by atoms with Crippen LogP contribution in [0.25, 0.3) is 0 Å². The first-order chi connectivity index (χ1) is 9.41. The SMILES string of the molecule is O=C(O)c1ccccc1C(O)c1cc(Cl)c(Br)cc1F. The zero-order valence-corrected chi connectivity index (χ0v) is 12.3. The lowest BCUT2D eigenvalue weighted by molar-refractivity contribution is 0.0691. The number of aromatic carboxylic acids is 1. The summed E-state index contributed by atoms with van der Waals surface area (Å²) in [4.78, 5) is 11.1. The lowest BCUT2D eigenvalue weighted by Gasteiger charge is -2.15. The maximum absolute atomic E-state index is 13.9. The van der Waals surface area contributed by atoms with Crippen LogP contribution in [0.4, 0.5) is 4.39 Å². The normalized spacial score (nSPS) is 12.2. The van der Waals surface area contributed by atoms with Crippen LogP contribution in [0.3, 0.4) is 0 Å². The van der Waals surface area contributed by atoms with Gasteiger partial charge in [0.15, 0.2) is 0 Å². The Hall–Kier alpha value is -1.43. The third-order valence-electron chi connectivity index (χ3n) is 2.82. The van der Waals surface area contributed by atoms with Gasteiger partial charge in [-0.25, -0.2) is 9.18 Å². The molecule has 0 fully saturated rings. The van der Waals surface area contributed by atoms with E-state index in [9.17, 15) is 14.3 Å². The molecule has 0 saturated heterocycles. The third kappa shape index (κ3) is 2.85. The largest absolute Gasteiger partial charge is 0.478 e. The van der Waals surface area contributed by atoms with E-state index in [0.29, 0.717) is 4.47 Å². The lowest BCUT2D eigenvalue weighted by Crippen LogP contribution is -2.09. The molecule has 2 aromatic carbocycles. The third-order valence-corrected chi connectivity index (χ3v) is 4.02. The van der Waals surface area contributed by atoms with Crippen molar-refractivity contribution in [3.05, 3.63) is 68.4 Å². The number of halogens is 3. The summed E-state index contributed by atoms with van der Waals surface area (Å²) in [6, 6.07) is 8.28. The lowest BCUT2D eigenvalue weighted by atomic mass is 9.96. The number of hydrogen-bond acceptors (Lipinski definition) is 2. The molecule has 104 valence electrons. The monoisotopic (exact) mass is 358 g/mol. The van der Waals surface area contributed by atoms with Gasteiger partial charge in [0.1, 0.15) is 11.9 Å². The summed E-state index contributed by atoms with van der Waals surface area (Å²) in [5, 5.41) is 19.6. The number of aliphatic hydroxyl groups is 1. The minimum absolute atomic E-state index is 0.0769. The molecule has 0 aliphatic heterocycles. The number of carboxylic acids is 1. The second kappa shape index (κ2) is 5.91. The molecule has 1 atom stereocenters. The number of rotatable bonds is 3. The quantitative estimate of drug-likeness (QED) is 0.814. The summed E-state index contributed by atoms with van der Waals surface area (Å²) in [5.41, 5.74) is -0.0531. The van der Waals surface area contributed by atoms with E-state index < -0.39 is 17.9 Å². The van der Waals surface area contributed by atoms with Gasteiger partial charge >= 0.3 is 5.97 Å². The second-order valence-corrected chi connectivity index (χ2v) is 5.34. The highest BCUT2D eigenvalue weighted by atomic mass is 79.9. The molecule has 0 aliphatic rings. The Morgan fingerprint density at radius 2 is 1.90 bits per heavy atom. The van der Waals surface area contributed by atoms with Crippen LogP contribution in [-0.2, 0) is 0 Å². The van der Waals surface area contributed by atoms with Gasteiger partial charge in [0.05, 0.1) is 10.6 Å².